The molecule has 5 nitrogen and oxygen atoms in total. The normalized spacial score (nSPS) is 16.0. The second kappa shape index (κ2) is 7.80. The summed E-state index contributed by atoms with van der Waals surface area (Å²) in [6, 6.07) is 5.83. The second-order valence-corrected chi connectivity index (χ2v) is 8.00. The highest BCUT2D eigenvalue weighted by Crippen LogP contribution is 2.43. The molecule has 0 fully saturated rings. The molecule has 1 amide bonds. The number of methoxy groups -OCH3 is 2. The van der Waals surface area contributed by atoms with E-state index in [1.165, 1.54) is 23.3 Å². The molecule has 2 aliphatic rings. The molecule has 0 atom stereocenters. The van der Waals surface area contributed by atoms with Gasteiger partial charge in [0.15, 0.2) is 11.5 Å². The monoisotopic (exact) mass is 396 g/mol. The average molecular weight is 397 g/mol. The summed E-state index contributed by atoms with van der Waals surface area (Å²) >= 11 is 1.74. The van der Waals surface area contributed by atoms with E-state index in [-0.39, 0.29) is 12.5 Å². The van der Waals surface area contributed by atoms with Gasteiger partial charge in [0, 0.05) is 22.5 Å². The maximum Gasteiger partial charge on any atom is 0.249 e. The van der Waals surface area contributed by atoms with Gasteiger partial charge >= 0.3 is 0 Å². The number of hydrogen-bond acceptors (Lipinski definition) is 5. The summed E-state index contributed by atoms with van der Waals surface area (Å²) in [5.41, 5.74) is 4.27. The first-order chi connectivity index (χ1) is 13.7. The number of carbonyl (C=O) groups excluding carboxylic acids is 1. The van der Waals surface area contributed by atoms with Gasteiger partial charge in [-0.15, -0.1) is 17.9 Å². The Morgan fingerprint density at radius 3 is 2.75 bits per heavy atom. The number of aryl methyl sites for hydroxylation is 1. The van der Waals surface area contributed by atoms with Crippen LogP contribution in [-0.4, -0.2) is 38.9 Å². The van der Waals surface area contributed by atoms with Crippen molar-refractivity contribution in [3.63, 3.8) is 0 Å². The van der Waals surface area contributed by atoms with Crippen LogP contribution in [0, 0.1) is 0 Å². The minimum Gasteiger partial charge on any atom is -0.493 e. The van der Waals surface area contributed by atoms with Gasteiger partial charge in [-0.3, -0.25) is 14.7 Å². The van der Waals surface area contributed by atoms with Crippen LogP contribution < -0.4 is 14.4 Å². The first kappa shape index (κ1) is 18.7. The molecule has 1 aromatic heterocycles. The van der Waals surface area contributed by atoms with Crippen molar-refractivity contribution in [3.05, 3.63) is 52.4 Å². The van der Waals surface area contributed by atoms with Crippen LogP contribution in [0.25, 0.3) is 0 Å². The summed E-state index contributed by atoms with van der Waals surface area (Å²) in [5, 5.41) is 1.00. The van der Waals surface area contributed by atoms with E-state index in [4.69, 9.17) is 14.5 Å². The number of nitrogens with zero attached hydrogens (tertiary/aromatic N) is 2. The number of benzene rings is 1. The smallest absolute Gasteiger partial charge is 0.249 e. The molecule has 0 unspecified atom stereocenters. The van der Waals surface area contributed by atoms with Gasteiger partial charge in [0.25, 0.3) is 0 Å². The number of hydrogen-bond donors (Lipinski definition) is 0. The van der Waals surface area contributed by atoms with Crippen molar-refractivity contribution in [2.24, 2.45) is 4.99 Å². The lowest BCUT2D eigenvalue weighted by Crippen LogP contribution is -2.31. The van der Waals surface area contributed by atoms with Gasteiger partial charge in [-0.1, -0.05) is 6.08 Å². The van der Waals surface area contributed by atoms with E-state index < -0.39 is 0 Å². The number of ether oxygens (including phenoxy) is 2. The Bertz CT molecular complexity index is 961. The highest BCUT2D eigenvalue weighted by Gasteiger charge is 2.32. The molecular formula is C22H24N2O3S. The van der Waals surface area contributed by atoms with Crippen LogP contribution in [0.5, 0.6) is 11.5 Å². The number of anilines is 1. The molecule has 2 aromatic rings. The van der Waals surface area contributed by atoms with Gasteiger partial charge in [0.05, 0.1) is 19.9 Å². The van der Waals surface area contributed by atoms with Crippen molar-refractivity contribution in [2.45, 2.75) is 25.7 Å². The predicted octanol–water partition coefficient (Wildman–Crippen LogP) is 4.01. The van der Waals surface area contributed by atoms with Crippen molar-refractivity contribution in [3.8, 4) is 11.5 Å². The molecule has 0 saturated carbocycles. The summed E-state index contributed by atoms with van der Waals surface area (Å²) in [7, 11) is 3.25. The number of aliphatic imine (C=N–C) groups is 1. The van der Waals surface area contributed by atoms with Crippen molar-refractivity contribution < 1.29 is 14.3 Å². The number of fused-ring (bicyclic) bond motifs is 3. The van der Waals surface area contributed by atoms with Gasteiger partial charge in [-0.05, 0) is 49.4 Å². The quantitative estimate of drug-likeness (QED) is 0.718. The molecule has 0 radical (unpaired) electrons. The lowest BCUT2D eigenvalue weighted by Gasteiger charge is -2.19. The molecule has 1 aliphatic carbocycles. The van der Waals surface area contributed by atoms with Crippen LogP contribution >= 0.6 is 11.3 Å². The van der Waals surface area contributed by atoms with Crippen LogP contribution in [0.4, 0.5) is 5.00 Å². The average Bonchev–Trinajstić information content (AvgIpc) is 3.04. The van der Waals surface area contributed by atoms with E-state index >= 15 is 0 Å². The molecule has 0 bridgehead atoms. The lowest BCUT2D eigenvalue weighted by atomic mass is 9.91. The molecule has 4 rings (SSSR count). The van der Waals surface area contributed by atoms with Crippen LogP contribution in [0.2, 0.25) is 0 Å². The van der Waals surface area contributed by atoms with E-state index in [0.29, 0.717) is 18.0 Å². The fourth-order valence-electron chi connectivity index (χ4n) is 3.94. The lowest BCUT2D eigenvalue weighted by molar-refractivity contribution is -0.117. The van der Waals surface area contributed by atoms with Crippen LogP contribution in [0.15, 0.2) is 35.8 Å². The fraction of sp³-hybridized carbons (Fsp3) is 0.364. The first-order valence-electron chi connectivity index (χ1n) is 9.51. The summed E-state index contributed by atoms with van der Waals surface area (Å²) in [6.45, 7) is 4.47. The minimum atomic E-state index is 0.00947. The summed E-state index contributed by atoms with van der Waals surface area (Å²) in [5.74, 6) is 1.35. The largest absolute Gasteiger partial charge is 0.493 e. The molecule has 0 spiro atoms. The predicted molar refractivity (Wildman–Crippen MR) is 114 cm³/mol. The zero-order valence-electron chi connectivity index (χ0n) is 16.3. The molecule has 0 saturated heterocycles. The molecule has 146 valence electrons. The number of carbonyl (C=O) groups is 1. The van der Waals surface area contributed by atoms with Crippen molar-refractivity contribution >= 4 is 28.0 Å². The van der Waals surface area contributed by atoms with Crippen molar-refractivity contribution in [1.29, 1.82) is 0 Å². The second-order valence-electron chi connectivity index (χ2n) is 6.92. The molecule has 2 heterocycles. The zero-order chi connectivity index (χ0) is 19.7. The molecule has 28 heavy (non-hydrogen) atoms. The van der Waals surface area contributed by atoms with Crippen molar-refractivity contribution in [2.75, 3.05) is 32.2 Å². The van der Waals surface area contributed by atoms with Gasteiger partial charge in [-0.2, -0.15) is 0 Å². The highest BCUT2D eigenvalue weighted by atomic mass is 32.1. The SMILES string of the molecule is C=CCN1C(=O)CN=C(c2ccc(OC)c(OC)c2)c2c1sc1c2CCCC1. The van der Waals surface area contributed by atoms with E-state index in [1.54, 1.807) is 31.6 Å². The van der Waals surface area contributed by atoms with E-state index in [9.17, 15) is 4.79 Å². The Morgan fingerprint density at radius 2 is 2.00 bits per heavy atom. The molecule has 0 N–H and O–H groups in total. The Labute approximate surface area is 169 Å². The van der Waals surface area contributed by atoms with Crippen LogP contribution in [0.1, 0.15) is 34.4 Å². The standard InChI is InChI=1S/C22H24N2O3S/c1-4-11-24-19(25)13-23-21(14-9-10-16(26-2)17(12-14)27-3)20-15-7-5-6-8-18(15)28-22(20)24/h4,9-10,12H,1,5-8,11,13H2,2-3H3. The number of amides is 1. The third-order valence-corrected chi connectivity index (χ3v) is 6.59. The Hall–Kier alpha value is -2.60. The number of rotatable bonds is 5. The fourth-order valence-corrected chi connectivity index (χ4v) is 5.36. The topological polar surface area (TPSA) is 51.1 Å². The van der Waals surface area contributed by atoms with Gasteiger partial charge in [-0.25, -0.2) is 0 Å². The molecule has 1 aromatic carbocycles. The third kappa shape index (κ3) is 3.11. The summed E-state index contributed by atoms with van der Waals surface area (Å²) < 4.78 is 10.9. The zero-order valence-corrected chi connectivity index (χ0v) is 17.1. The minimum absolute atomic E-state index is 0.00947. The van der Waals surface area contributed by atoms with E-state index in [1.807, 2.05) is 23.1 Å². The molecule has 6 heteroatoms. The molecule has 1 aliphatic heterocycles. The Morgan fingerprint density at radius 1 is 1.21 bits per heavy atom. The van der Waals surface area contributed by atoms with Crippen LogP contribution in [-0.2, 0) is 17.6 Å². The summed E-state index contributed by atoms with van der Waals surface area (Å²) in [6.07, 6.45) is 6.25. The highest BCUT2D eigenvalue weighted by molar-refractivity contribution is 7.17. The van der Waals surface area contributed by atoms with Crippen molar-refractivity contribution in [1.82, 2.24) is 0 Å². The Balaban J connectivity index is 1.91. The van der Waals surface area contributed by atoms with Gasteiger partial charge in [0.2, 0.25) is 5.91 Å². The summed E-state index contributed by atoms with van der Waals surface area (Å²) in [4.78, 5) is 20.8. The van der Waals surface area contributed by atoms with E-state index in [0.717, 1.165) is 34.7 Å². The Kier molecular flexibility index (Phi) is 5.22. The van der Waals surface area contributed by atoms with Gasteiger partial charge in [0.1, 0.15) is 11.5 Å². The third-order valence-electron chi connectivity index (χ3n) is 5.28. The van der Waals surface area contributed by atoms with E-state index in [2.05, 4.69) is 6.58 Å². The molecular weight excluding hydrogens is 372 g/mol. The maximum atomic E-state index is 12.8. The number of thiophene rings is 1. The van der Waals surface area contributed by atoms with Crippen LogP contribution in [0.3, 0.4) is 0 Å². The van der Waals surface area contributed by atoms with Gasteiger partial charge < -0.3 is 9.47 Å². The first-order valence-corrected chi connectivity index (χ1v) is 10.3. The maximum absolute atomic E-state index is 12.8.